The average Bonchev–Trinajstić information content (AvgIpc) is 2.74. The molecule has 0 unspecified atom stereocenters. The van der Waals surface area contributed by atoms with Gasteiger partial charge < -0.3 is 14.8 Å². The highest BCUT2D eigenvalue weighted by Crippen LogP contribution is 2.37. The molecule has 0 radical (unpaired) electrons. The molecule has 2 amide bonds. The number of methoxy groups -OCH3 is 2. The number of hydrogen-bond acceptors (Lipinski definition) is 3. The number of nitrogens with one attached hydrogen (secondary N) is 1. The van der Waals surface area contributed by atoms with Gasteiger partial charge in [-0.1, -0.05) is 6.07 Å². The van der Waals surface area contributed by atoms with E-state index >= 15 is 0 Å². The van der Waals surface area contributed by atoms with E-state index in [1.807, 2.05) is 12.1 Å². The van der Waals surface area contributed by atoms with E-state index in [0.29, 0.717) is 24.6 Å². The van der Waals surface area contributed by atoms with Crippen molar-refractivity contribution in [1.82, 2.24) is 5.32 Å². The zero-order valence-electron chi connectivity index (χ0n) is 9.32. The molecule has 1 aliphatic rings. The molecule has 0 atom stereocenters. The standard InChI is InChI=1S/C11H14N2O3/c1-15-9-5-3-4-8(10(9)16-2)13-7-6-12-11(13)14/h3-5H,6-7H2,1-2H3,(H,12,14). The lowest BCUT2D eigenvalue weighted by molar-refractivity contribution is 0.252. The normalized spacial score (nSPS) is 14.9. The van der Waals surface area contributed by atoms with Crippen molar-refractivity contribution in [2.45, 2.75) is 0 Å². The maximum Gasteiger partial charge on any atom is 0.322 e. The molecule has 1 aromatic carbocycles. The molecule has 0 saturated carbocycles. The molecule has 1 aliphatic heterocycles. The Balaban J connectivity index is 2.43. The zero-order chi connectivity index (χ0) is 11.5. The van der Waals surface area contributed by atoms with Gasteiger partial charge in [-0.25, -0.2) is 4.79 Å². The number of rotatable bonds is 3. The third-order valence-electron chi connectivity index (χ3n) is 2.53. The molecule has 0 spiro atoms. The summed E-state index contributed by atoms with van der Waals surface area (Å²) in [5, 5.41) is 2.75. The maximum atomic E-state index is 11.6. The molecule has 1 saturated heterocycles. The molecule has 5 nitrogen and oxygen atoms in total. The third kappa shape index (κ3) is 1.64. The molecule has 16 heavy (non-hydrogen) atoms. The number of nitrogens with zero attached hydrogens (tertiary/aromatic N) is 1. The van der Waals surface area contributed by atoms with Gasteiger partial charge in [0.1, 0.15) is 0 Å². The van der Waals surface area contributed by atoms with Crippen molar-refractivity contribution in [2.75, 3.05) is 32.2 Å². The summed E-state index contributed by atoms with van der Waals surface area (Å²) in [5.74, 6) is 1.21. The van der Waals surface area contributed by atoms with E-state index in [0.717, 1.165) is 5.69 Å². The number of carbonyl (C=O) groups is 1. The van der Waals surface area contributed by atoms with Gasteiger partial charge in [0.25, 0.3) is 0 Å². The molecule has 0 aromatic heterocycles. The summed E-state index contributed by atoms with van der Waals surface area (Å²) in [6, 6.07) is 5.37. The lowest BCUT2D eigenvalue weighted by Crippen LogP contribution is -2.28. The van der Waals surface area contributed by atoms with Gasteiger partial charge in [0.2, 0.25) is 0 Å². The Morgan fingerprint density at radius 1 is 1.31 bits per heavy atom. The highest BCUT2D eigenvalue weighted by molar-refractivity contribution is 5.96. The quantitative estimate of drug-likeness (QED) is 0.837. The highest BCUT2D eigenvalue weighted by Gasteiger charge is 2.25. The van der Waals surface area contributed by atoms with Crippen molar-refractivity contribution < 1.29 is 14.3 Å². The summed E-state index contributed by atoms with van der Waals surface area (Å²) in [6.07, 6.45) is 0. The third-order valence-corrected chi connectivity index (χ3v) is 2.53. The van der Waals surface area contributed by atoms with Crippen LogP contribution in [0, 0.1) is 0 Å². The second-order valence-electron chi connectivity index (χ2n) is 3.40. The van der Waals surface area contributed by atoms with Gasteiger partial charge in [0.05, 0.1) is 19.9 Å². The van der Waals surface area contributed by atoms with Crippen LogP contribution in [0.5, 0.6) is 11.5 Å². The summed E-state index contributed by atoms with van der Waals surface area (Å²) in [5.41, 5.74) is 0.733. The number of para-hydroxylation sites is 1. The zero-order valence-corrected chi connectivity index (χ0v) is 9.32. The molecular formula is C11H14N2O3. The van der Waals surface area contributed by atoms with Crippen LogP contribution in [0.1, 0.15) is 0 Å². The van der Waals surface area contributed by atoms with Crippen molar-refractivity contribution in [2.24, 2.45) is 0 Å². The minimum Gasteiger partial charge on any atom is -0.493 e. The molecule has 5 heteroatoms. The van der Waals surface area contributed by atoms with E-state index in [4.69, 9.17) is 9.47 Å². The van der Waals surface area contributed by atoms with E-state index < -0.39 is 0 Å². The van der Waals surface area contributed by atoms with Gasteiger partial charge in [-0.15, -0.1) is 0 Å². The largest absolute Gasteiger partial charge is 0.493 e. The van der Waals surface area contributed by atoms with Crippen LogP contribution in [0.3, 0.4) is 0 Å². The number of amides is 2. The molecule has 0 aliphatic carbocycles. The van der Waals surface area contributed by atoms with E-state index in [1.54, 1.807) is 25.2 Å². The monoisotopic (exact) mass is 222 g/mol. The molecule has 2 rings (SSSR count). The molecule has 86 valence electrons. The fraction of sp³-hybridized carbons (Fsp3) is 0.364. The van der Waals surface area contributed by atoms with Crippen LogP contribution in [0.2, 0.25) is 0 Å². The van der Waals surface area contributed by atoms with Crippen molar-refractivity contribution in [3.05, 3.63) is 18.2 Å². The molecule has 1 fully saturated rings. The number of anilines is 1. The smallest absolute Gasteiger partial charge is 0.322 e. The molecule has 1 aromatic rings. The fourth-order valence-corrected chi connectivity index (χ4v) is 1.78. The van der Waals surface area contributed by atoms with Crippen molar-refractivity contribution in [3.8, 4) is 11.5 Å². The van der Waals surface area contributed by atoms with Gasteiger partial charge in [0.15, 0.2) is 11.5 Å². The summed E-state index contributed by atoms with van der Waals surface area (Å²) >= 11 is 0. The maximum absolute atomic E-state index is 11.6. The van der Waals surface area contributed by atoms with Gasteiger partial charge in [-0.2, -0.15) is 0 Å². The Labute approximate surface area is 93.9 Å². The van der Waals surface area contributed by atoms with Gasteiger partial charge in [0, 0.05) is 13.1 Å². The topological polar surface area (TPSA) is 50.8 Å². The fourth-order valence-electron chi connectivity index (χ4n) is 1.78. The first-order chi connectivity index (χ1) is 7.77. The number of benzene rings is 1. The van der Waals surface area contributed by atoms with Crippen LogP contribution >= 0.6 is 0 Å². The Hall–Kier alpha value is -1.91. The minimum atomic E-state index is -0.105. The number of hydrogen-bond donors (Lipinski definition) is 1. The number of urea groups is 1. The van der Waals surface area contributed by atoms with E-state index in [1.165, 1.54) is 0 Å². The van der Waals surface area contributed by atoms with Crippen LogP contribution < -0.4 is 19.7 Å². The lowest BCUT2D eigenvalue weighted by atomic mass is 10.2. The summed E-state index contributed by atoms with van der Waals surface area (Å²) in [6.45, 7) is 1.29. The minimum absolute atomic E-state index is 0.105. The van der Waals surface area contributed by atoms with E-state index in [-0.39, 0.29) is 6.03 Å². The Kier molecular flexibility index (Phi) is 2.85. The van der Waals surface area contributed by atoms with Gasteiger partial charge >= 0.3 is 6.03 Å². The highest BCUT2D eigenvalue weighted by atomic mass is 16.5. The lowest BCUT2D eigenvalue weighted by Gasteiger charge is -2.19. The Morgan fingerprint density at radius 3 is 2.69 bits per heavy atom. The van der Waals surface area contributed by atoms with Crippen molar-refractivity contribution >= 4 is 11.7 Å². The van der Waals surface area contributed by atoms with Crippen LogP contribution in [0.25, 0.3) is 0 Å². The predicted molar refractivity (Wildman–Crippen MR) is 60.3 cm³/mol. The molecule has 0 bridgehead atoms. The average molecular weight is 222 g/mol. The first-order valence-electron chi connectivity index (χ1n) is 5.04. The number of carbonyl (C=O) groups excluding carboxylic acids is 1. The Morgan fingerprint density at radius 2 is 2.12 bits per heavy atom. The van der Waals surface area contributed by atoms with Crippen LogP contribution in [0.4, 0.5) is 10.5 Å². The number of ether oxygens (including phenoxy) is 2. The predicted octanol–water partition coefficient (Wildman–Crippen LogP) is 1.23. The first-order valence-corrected chi connectivity index (χ1v) is 5.04. The molecule has 1 heterocycles. The summed E-state index contributed by atoms with van der Waals surface area (Å²) in [7, 11) is 3.14. The second-order valence-corrected chi connectivity index (χ2v) is 3.40. The van der Waals surface area contributed by atoms with Gasteiger partial charge in [-0.05, 0) is 12.1 Å². The van der Waals surface area contributed by atoms with E-state index in [2.05, 4.69) is 5.32 Å². The van der Waals surface area contributed by atoms with E-state index in [9.17, 15) is 4.79 Å². The van der Waals surface area contributed by atoms with Crippen LogP contribution in [0.15, 0.2) is 18.2 Å². The Bertz CT molecular complexity index is 406. The SMILES string of the molecule is COc1cccc(N2CCNC2=O)c1OC. The molecule has 1 N–H and O–H groups in total. The van der Waals surface area contributed by atoms with Crippen LogP contribution in [-0.2, 0) is 0 Å². The van der Waals surface area contributed by atoms with Crippen molar-refractivity contribution in [1.29, 1.82) is 0 Å². The van der Waals surface area contributed by atoms with Crippen molar-refractivity contribution in [3.63, 3.8) is 0 Å². The summed E-state index contributed by atoms with van der Waals surface area (Å²) < 4.78 is 10.5. The first kappa shape index (κ1) is 10.6. The molecular weight excluding hydrogens is 208 g/mol. The van der Waals surface area contributed by atoms with Crippen LogP contribution in [-0.4, -0.2) is 33.3 Å². The van der Waals surface area contributed by atoms with Gasteiger partial charge in [-0.3, -0.25) is 4.90 Å². The second kappa shape index (κ2) is 4.30. The summed E-state index contributed by atoms with van der Waals surface area (Å²) in [4.78, 5) is 13.2.